The maximum absolute atomic E-state index is 9.06. The van der Waals surface area contributed by atoms with Crippen LogP contribution in [0.2, 0.25) is 0 Å². The number of aromatic nitrogens is 1. The minimum absolute atomic E-state index is 0.275. The quantitative estimate of drug-likeness (QED) is 0.856. The average Bonchev–Trinajstić information content (AvgIpc) is 2.48. The Kier molecular flexibility index (Phi) is 2.29. The molecule has 1 saturated carbocycles. The van der Waals surface area contributed by atoms with Crippen LogP contribution in [0.1, 0.15) is 39.0 Å². The SMILES string of the molecule is Cc1nsc(NC2C(C)(C)C2(C)C)c1C#N. The Morgan fingerprint density at radius 3 is 2.31 bits per heavy atom. The Labute approximate surface area is 101 Å². The molecular weight excluding hydrogens is 218 g/mol. The normalized spacial score (nSPS) is 21.5. The Morgan fingerprint density at radius 2 is 1.88 bits per heavy atom. The number of anilines is 1. The van der Waals surface area contributed by atoms with Crippen molar-refractivity contribution in [1.29, 1.82) is 5.26 Å². The fraction of sp³-hybridized carbons (Fsp3) is 0.667. The summed E-state index contributed by atoms with van der Waals surface area (Å²) in [6, 6.07) is 2.64. The van der Waals surface area contributed by atoms with Crippen molar-refractivity contribution in [2.24, 2.45) is 10.8 Å². The van der Waals surface area contributed by atoms with Gasteiger partial charge in [0.15, 0.2) is 0 Å². The van der Waals surface area contributed by atoms with E-state index >= 15 is 0 Å². The summed E-state index contributed by atoms with van der Waals surface area (Å²) >= 11 is 1.39. The van der Waals surface area contributed by atoms with Gasteiger partial charge in [-0.15, -0.1) is 0 Å². The minimum atomic E-state index is 0.275. The Hall–Kier alpha value is -1.08. The van der Waals surface area contributed by atoms with Gasteiger partial charge < -0.3 is 5.32 Å². The first-order valence-corrected chi connectivity index (χ1v) is 6.22. The number of aryl methyl sites for hydroxylation is 1. The van der Waals surface area contributed by atoms with Crippen molar-refractivity contribution >= 4 is 16.5 Å². The highest BCUT2D eigenvalue weighted by atomic mass is 32.1. The Bertz CT molecular complexity index is 451. The highest BCUT2D eigenvalue weighted by molar-refractivity contribution is 7.10. The maximum Gasteiger partial charge on any atom is 0.127 e. The molecule has 1 fully saturated rings. The summed E-state index contributed by atoms with van der Waals surface area (Å²) in [5, 5.41) is 13.4. The van der Waals surface area contributed by atoms with Gasteiger partial charge in [-0.1, -0.05) is 27.7 Å². The van der Waals surface area contributed by atoms with Crippen molar-refractivity contribution in [2.75, 3.05) is 5.32 Å². The van der Waals surface area contributed by atoms with Crippen LogP contribution in [-0.2, 0) is 0 Å². The summed E-state index contributed by atoms with van der Waals surface area (Å²) in [5.41, 5.74) is 2.07. The number of nitrogens with one attached hydrogen (secondary N) is 1. The first-order valence-electron chi connectivity index (χ1n) is 5.45. The van der Waals surface area contributed by atoms with E-state index in [1.165, 1.54) is 11.5 Å². The number of rotatable bonds is 2. The van der Waals surface area contributed by atoms with Crippen LogP contribution in [0.4, 0.5) is 5.00 Å². The molecule has 86 valence electrons. The van der Waals surface area contributed by atoms with Gasteiger partial charge in [-0.3, -0.25) is 0 Å². The van der Waals surface area contributed by atoms with Crippen LogP contribution < -0.4 is 5.32 Å². The molecule has 0 bridgehead atoms. The van der Waals surface area contributed by atoms with Crippen molar-refractivity contribution in [3.8, 4) is 6.07 Å². The first kappa shape index (κ1) is 11.4. The second-order valence-corrected chi connectivity index (χ2v) is 6.38. The lowest BCUT2D eigenvalue weighted by atomic mass is 10.0. The minimum Gasteiger partial charge on any atom is -0.371 e. The predicted molar refractivity (Wildman–Crippen MR) is 66.5 cm³/mol. The first-order chi connectivity index (χ1) is 7.32. The van der Waals surface area contributed by atoms with E-state index in [-0.39, 0.29) is 10.8 Å². The van der Waals surface area contributed by atoms with Gasteiger partial charge in [-0.2, -0.15) is 9.64 Å². The summed E-state index contributed by atoms with van der Waals surface area (Å²) in [6.07, 6.45) is 0. The van der Waals surface area contributed by atoms with Gasteiger partial charge in [0.1, 0.15) is 16.6 Å². The van der Waals surface area contributed by atoms with E-state index in [4.69, 9.17) is 5.26 Å². The molecule has 0 atom stereocenters. The zero-order chi connectivity index (χ0) is 12.1. The maximum atomic E-state index is 9.06. The van der Waals surface area contributed by atoms with Crippen molar-refractivity contribution in [2.45, 2.75) is 40.7 Å². The monoisotopic (exact) mass is 235 g/mol. The van der Waals surface area contributed by atoms with Gasteiger partial charge in [0.05, 0.1) is 5.69 Å². The number of hydrogen-bond acceptors (Lipinski definition) is 4. The molecule has 0 spiro atoms. The molecule has 1 heterocycles. The zero-order valence-corrected chi connectivity index (χ0v) is 11.2. The van der Waals surface area contributed by atoms with Gasteiger partial charge in [0.2, 0.25) is 0 Å². The van der Waals surface area contributed by atoms with Crippen LogP contribution in [0.25, 0.3) is 0 Å². The van der Waals surface area contributed by atoms with Crippen molar-refractivity contribution < 1.29 is 0 Å². The molecule has 1 aromatic heterocycles. The van der Waals surface area contributed by atoms with Crippen LogP contribution in [0, 0.1) is 29.1 Å². The largest absolute Gasteiger partial charge is 0.371 e. The summed E-state index contributed by atoms with van der Waals surface area (Å²) in [5.74, 6) is 0. The van der Waals surface area contributed by atoms with Crippen molar-refractivity contribution in [1.82, 2.24) is 4.37 Å². The molecule has 0 unspecified atom stereocenters. The highest BCUT2D eigenvalue weighted by Crippen LogP contribution is 2.64. The molecule has 1 aliphatic rings. The third kappa shape index (κ3) is 1.35. The van der Waals surface area contributed by atoms with E-state index in [1.54, 1.807) is 0 Å². The van der Waals surface area contributed by atoms with Gasteiger partial charge in [-0.25, -0.2) is 0 Å². The fourth-order valence-corrected chi connectivity index (χ4v) is 3.06. The van der Waals surface area contributed by atoms with Gasteiger partial charge in [0.25, 0.3) is 0 Å². The van der Waals surface area contributed by atoms with Crippen LogP contribution in [0.5, 0.6) is 0 Å². The molecule has 1 N–H and O–H groups in total. The van der Waals surface area contributed by atoms with E-state index in [9.17, 15) is 0 Å². The highest BCUT2D eigenvalue weighted by Gasteiger charge is 2.65. The zero-order valence-electron chi connectivity index (χ0n) is 10.4. The fourth-order valence-electron chi connectivity index (χ4n) is 2.29. The molecule has 0 aromatic carbocycles. The average molecular weight is 235 g/mol. The number of nitriles is 1. The van der Waals surface area contributed by atoms with E-state index in [2.05, 4.69) is 43.5 Å². The number of nitrogens with zero attached hydrogens (tertiary/aromatic N) is 2. The van der Waals surface area contributed by atoms with Crippen LogP contribution in [-0.4, -0.2) is 10.4 Å². The third-order valence-electron chi connectivity index (χ3n) is 4.27. The van der Waals surface area contributed by atoms with E-state index in [1.807, 2.05) is 6.92 Å². The molecule has 1 aromatic rings. The Morgan fingerprint density at radius 1 is 1.31 bits per heavy atom. The summed E-state index contributed by atoms with van der Waals surface area (Å²) in [4.78, 5) is 0. The van der Waals surface area contributed by atoms with Crippen LogP contribution in [0.3, 0.4) is 0 Å². The molecular formula is C12H17N3S. The second-order valence-electron chi connectivity index (χ2n) is 5.60. The molecule has 2 rings (SSSR count). The standard InChI is InChI=1S/C12H17N3S/c1-7-8(6-13)9(16-15-7)14-10-11(2,3)12(10,4)5/h10,14H,1-5H3. The van der Waals surface area contributed by atoms with Crippen molar-refractivity contribution in [3.05, 3.63) is 11.3 Å². The lowest BCUT2D eigenvalue weighted by molar-refractivity contribution is 0.457. The molecule has 4 heteroatoms. The molecule has 1 aliphatic carbocycles. The van der Waals surface area contributed by atoms with E-state index in [0.29, 0.717) is 11.6 Å². The van der Waals surface area contributed by atoms with Gasteiger partial charge in [-0.05, 0) is 29.3 Å². The lowest BCUT2D eigenvalue weighted by Crippen LogP contribution is -2.09. The third-order valence-corrected chi connectivity index (χ3v) is 5.14. The molecule has 3 nitrogen and oxygen atoms in total. The smallest absolute Gasteiger partial charge is 0.127 e. The summed E-state index contributed by atoms with van der Waals surface area (Å²) < 4.78 is 4.22. The van der Waals surface area contributed by atoms with Crippen molar-refractivity contribution in [3.63, 3.8) is 0 Å². The lowest BCUT2D eigenvalue weighted by Gasteiger charge is -2.05. The summed E-state index contributed by atoms with van der Waals surface area (Å²) in [6.45, 7) is 10.9. The second kappa shape index (κ2) is 3.21. The molecule has 16 heavy (non-hydrogen) atoms. The predicted octanol–water partition coefficient (Wildman–Crippen LogP) is 3.17. The molecule has 0 amide bonds. The number of hydrogen-bond donors (Lipinski definition) is 1. The molecule has 0 aliphatic heterocycles. The van der Waals surface area contributed by atoms with E-state index in [0.717, 1.165) is 10.7 Å². The van der Waals surface area contributed by atoms with Crippen LogP contribution in [0.15, 0.2) is 0 Å². The molecule has 0 saturated heterocycles. The molecule has 0 radical (unpaired) electrons. The topological polar surface area (TPSA) is 48.7 Å². The van der Waals surface area contributed by atoms with Crippen LogP contribution >= 0.6 is 11.5 Å². The van der Waals surface area contributed by atoms with E-state index < -0.39 is 0 Å². The summed E-state index contributed by atoms with van der Waals surface area (Å²) in [7, 11) is 0. The van der Waals surface area contributed by atoms with Gasteiger partial charge in [0, 0.05) is 6.04 Å². The van der Waals surface area contributed by atoms with Gasteiger partial charge >= 0.3 is 0 Å². The Balaban J connectivity index is 2.22.